The molecule has 2 nitrogen and oxygen atoms in total. The summed E-state index contributed by atoms with van der Waals surface area (Å²) in [7, 11) is 1.70. The van der Waals surface area contributed by atoms with Crippen LogP contribution in [0, 0.1) is 5.41 Å². The molecule has 1 aliphatic rings. The Balaban J connectivity index is 2.06. The average molecular weight is 158 g/mol. The van der Waals surface area contributed by atoms with Gasteiger partial charge in [-0.25, -0.2) is 0 Å². The van der Waals surface area contributed by atoms with Gasteiger partial charge in [0.25, 0.3) is 0 Å². The Hall–Kier alpha value is -0.0800. The molecule has 1 aliphatic carbocycles. The molecule has 1 atom stereocenters. The zero-order chi connectivity index (χ0) is 8.32. The van der Waals surface area contributed by atoms with Gasteiger partial charge in [0.1, 0.15) is 0 Å². The molecular formula is C9H18O2. The quantitative estimate of drug-likeness (QED) is 0.615. The van der Waals surface area contributed by atoms with Gasteiger partial charge in [-0.2, -0.15) is 0 Å². The summed E-state index contributed by atoms with van der Waals surface area (Å²) in [5.41, 5.74) is 0.258. The first-order valence-corrected chi connectivity index (χ1v) is 4.36. The third kappa shape index (κ3) is 2.46. The van der Waals surface area contributed by atoms with Crippen LogP contribution in [-0.2, 0) is 4.74 Å². The largest absolute Gasteiger partial charge is 0.393 e. The van der Waals surface area contributed by atoms with Crippen molar-refractivity contribution in [1.29, 1.82) is 0 Å². The Kier molecular flexibility index (Phi) is 2.90. The Labute approximate surface area is 68.6 Å². The lowest BCUT2D eigenvalue weighted by molar-refractivity contribution is 0.0808. The Morgan fingerprint density at radius 3 is 2.64 bits per heavy atom. The first-order chi connectivity index (χ1) is 5.19. The Morgan fingerprint density at radius 2 is 2.18 bits per heavy atom. The van der Waals surface area contributed by atoms with Crippen LogP contribution in [0.4, 0.5) is 0 Å². The van der Waals surface area contributed by atoms with Gasteiger partial charge in [0, 0.05) is 13.7 Å². The van der Waals surface area contributed by atoms with Crippen LogP contribution in [0.2, 0.25) is 0 Å². The van der Waals surface area contributed by atoms with Gasteiger partial charge in [-0.3, -0.25) is 0 Å². The molecule has 0 aromatic carbocycles. The van der Waals surface area contributed by atoms with E-state index >= 15 is 0 Å². The molecular weight excluding hydrogens is 140 g/mol. The van der Waals surface area contributed by atoms with Gasteiger partial charge in [0.05, 0.1) is 6.10 Å². The molecule has 11 heavy (non-hydrogen) atoms. The highest BCUT2D eigenvalue weighted by Gasteiger charge is 2.43. The molecule has 1 rings (SSSR count). The fourth-order valence-corrected chi connectivity index (χ4v) is 1.30. The van der Waals surface area contributed by atoms with Crippen molar-refractivity contribution >= 4 is 0 Å². The van der Waals surface area contributed by atoms with E-state index in [9.17, 15) is 5.11 Å². The van der Waals surface area contributed by atoms with Gasteiger partial charge in [0.2, 0.25) is 0 Å². The standard InChI is InChI=1S/C9H18O2/c1-9(5-6-9)8(10)4-3-7-11-2/h8,10H,3-7H2,1-2H3. The van der Waals surface area contributed by atoms with E-state index < -0.39 is 0 Å². The van der Waals surface area contributed by atoms with Gasteiger partial charge < -0.3 is 9.84 Å². The predicted molar refractivity (Wildman–Crippen MR) is 44.5 cm³/mol. The van der Waals surface area contributed by atoms with E-state index in [2.05, 4.69) is 6.92 Å². The number of methoxy groups -OCH3 is 1. The molecule has 0 bridgehead atoms. The van der Waals surface area contributed by atoms with Crippen molar-refractivity contribution in [3.05, 3.63) is 0 Å². The smallest absolute Gasteiger partial charge is 0.0594 e. The maximum absolute atomic E-state index is 9.62. The van der Waals surface area contributed by atoms with Crippen LogP contribution >= 0.6 is 0 Å². The predicted octanol–water partition coefficient (Wildman–Crippen LogP) is 1.57. The lowest BCUT2D eigenvalue weighted by Crippen LogP contribution is -2.18. The number of ether oxygens (including phenoxy) is 1. The minimum absolute atomic E-state index is 0.0994. The van der Waals surface area contributed by atoms with Crippen LogP contribution in [-0.4, -0.2) is 24.9 Å². The molecule has 0 aromatic rings. The molecule has 66 valence electrons. The van der Waals surface area contributed by atoms with Crippen molar-refractivity contribution in [2.45, 2.75) is 38.7 Å². The number of hydrogen-bond acceptors (Lipinski definition) is 2. The summed E-state index contributed by atoms with van der Waals surface area (Å²) in [6, 6.07) is 0. The van der Waals surface area contributed by atoms with E-state index in [0.29, 0.717) is 0 Å². The molecule has 0 saturated heterocycles. The van der Waals surface area contributed by atoms with Crippen molar-refractivity contribution in [3.8, 4) is 0 Å². The molecule has 0 spiro atoms. The van der Waals surface area contributed by atoms with Gasteiger partial charge in [-0.05, 0) is 31.1 Å². The third-order valence-electron chi connectivity index (χ3n) is 2.67. The van der Waals surface area contributed by atoms with Gasteiger partial charge >= 0.3 is 0 Å². The van der Waals surface area contributed by atoms with E-state index in [4.69, 9.17) is 4.74 Å². The summed E-state index contributed by atoms with van der Waals surface area (Å²) >= 11 is 0. The molecule has 0 aliphatic heterocycles. The van der Waals surface area contributed by atoms with Crippen LogP contribution in [0.3, 0.4) is 0 Å². The average Bonchev–Trinajstić information content (AvgIpc) is 2.70. The molecule has 0 radical (unpaired) electrons. The summed E-state index contributed by atoms with van der Waals surface area (Å²) in [5.74, 6) is 0. The number of aliphatic hydroxyl groups is 1. The van der Waals surface area contributed by atoms with Crippen LogP contribution < -0.4 is 0 Å². The first-order valence-electron chi connectivity index (χ1n) is 4.36. The normalized spacial score (nSPS) is 23.2. The summed E-state index contributed by atoms with van der Waals surface area (Å²) in [6.07, 6.45) is 4.16. The first kappa shape index (κ1) is 9.01. The van der Waals surface area contributed by atoms with E-state index in [0.717, 1.165) is 19.4 Å². The molecule has 0 amide bonds. The molecule has 2 heteroatoms. The molecule has 1 N–H and O–H groups in total. The molecule has 1 saturated carbocycles. The minimum atomic E-state index is -0.0994. The topological polar surface area (TPSA) is 29.5 Å². The van der Waals surface area contributed by atoms with Crippen molar-refractivity contribution in [3.63, 3.8) is 0 Å². The summed E-state index contributed by atoms with van der Waals surface area (Å²) in [4.78, 5) is 0. The monoisotopic (exact) mass is 158 g/mol. The highest BCUT2D eigenvalue weighted by molar-refractivity contribution is 4.94. The fraction of sp³-hybridized carbons (Fsp3) is 1.00. The van der Waals surface area contributed by atoms with Crippen LogP contribution in [0.1, 0.15) is 32.6 Å². The van der Waals surface area contributed by atoms with Gasteiger partial charge in [-0.1, -0.05) is 6.92 Å². The van der Waals surface area contributed by atoms with Crippen LogP contribution in [0.5, 0.6) is 0 Å². The second-order valence-corrected chi connectivity index (χ2v) is 3.80. The number of aliphatic hydroxyl groups excluding tert-OH is 1. The van der Waals surface area contributed by atoms with Crippen molar-refractivity contribution in [1.82, 2.24) is 0 Å². The van der Waals surface area contributed by atoms with Gasteiger partial charge in [-0.15, -0.1) is 0 Å². The van der Waals surface area contributed by atoms with Crippen molar-refractivity contribution < 1.29 is 9.84 Å². The van der Waals surface area contributed by atoms with E-state index in [1.54, 1.807) is 7.11 Å². The second kappa shape index (κ2) is 3.55. The highest BCUT2D eigenvalue weighted by Crippen LogP contribution is 2.49. The third-order valence-corrected chi connectivity index (χ3v) is 2.67. The van der Waals surface area contributed by atoms with Crippen LogP contribution in [0.15, 0.2) is 0 Å². The number of rotatable bonds is 5. The van der Waals surface area contributed by atoms with E-state index in [-0.39, 0.29) is 11.5 Å². The van der Waals surface area contributed by atoms with Crippen molar-refractivity contribution in [2.75, 3.05) is 13.7 Å². The summed E-state index contributed by atoms with van der Waals surface area (Å²) in [5, 5.41) is 9.62. The molecule has 0 heterocycles. The molecule has 0 aromatic heterocycles. The van der Waals surface area contributed by atoms with Crippen molar-refractivity contribution in [2.24, 2.45) is 5.41 Å². The zero-order valence-electron chi connectivity index (χ0n) is 7.47. The highest BCUT2D eigenvalue weighted by atomic mass is 16.5. The van der Waals surface area contributed by atoms with Gasteiger partial charge in [0.15, 0.2) is 0 Å². The zero-order valence-corrected chi connectivity index (χ0v) is 7.47. The van der Waals surface area contributed by atoms with E-state index in [1.807, 2.05) is 0 Å². The lowest BCUT2D eigenvalue weighted by Gasteiger charge is -2.16. The SMILES string of the molecule is COCCCC(O)C1(C)CC1. The molecule has 1 unspecified atom stereocenters. The van der Waals surface area contributed by atoms with Crippen LogP contribution in [0.25, 0.3) is 0 Å². The fourth-order valence-electron chi connectivity index (χ4n) is 1.30. The maximum atomic E-state index is 9.62. The van der Waals surface area contributed by atoms with E-state index in [1.165, 1.54) is 12.8 Å². The number of hydrogen-bond donors (Lipinski definition) is 1. The summed E-state index contributed by atoms with van der Waals surface area (Å²) < 4.78 is 4.91. The second-order valence-electron chi connectivity index (χ2n) is 3.80. The lowest BCUT2D eigenvalue weighted by atomic mass is 9.98. The molecule has 1 fully saturated rings. The Morgan fingerprint density at radius 1 is 1.55 bits per heavy atom. The minimum Gasteiger partial charge on any atom is -0.393 e. The maximum Gasteiger partial charge on any atom is 0.0594 e. The Bertz CT molecular complexity index is 119. The summed E-state index contributed by atoms with van der Waals surface area (Å²) in [6.45, 7) is 2.93.